The van der Waals surface area contributed by atoms with Gasteiger partial charge in [-0.15, -0.1) is 11.3 Å². The Morgan fingerprint density at radius 1 is 1.34 bits per heavy atom. The van der Waals surface area contributed by atoms with Crippen LogP contribution >= 0.6 is 11.3 Å². The molecule has 154 valence electrons. The Morgan fingerprint density at radius 3 is 2.90 bits per heavy atom. The van der Waals surface area contributed by atoms with E-state index in [1.165, 1.54) is 18.4 Å². The zero-order chi connectivity index (χ0) is 20.5. The maximum absolute atomic E-state index is 12.9. The maximum Gasteiger partial charge on any atom is 0.357 e. The molecule has 3 N–H and O–H groups in total. The maximum atomic E-state index is 12.9. The number of hydrogen-bond donors (Lipinski definition) is 3. The number of aromatic nitrogens is 1. The fourth-order valence-corrected chi connectivity index (χ4v) is 4.92. The van der Waals surface area contributed by atoms with Gasteiger partial charge in [0, 0.05) is 16.4 Å². The molecule has 3 atom stereocenters. The highest BCUT2D eigenvalue weighted by molar-refractivity contribution is 7.16. The van der Waals surface area contributed by atoms with Crippen molar-refractivity contribution in [1.29, 1.82) is 0 Å². The number of carbonyl (C=O) groups is 2. The number of hydrogen-bond acceptors (Lipinski definition) is 8. The molecule has 8 nitrogen and oxygen atoms in total. The Hall–Kier alpha value is -2.49. The van der Waals surface area contributed by atoms with Crippen molar-refractivity contribution in [3.8, 4) is 5.75 Å². The summed E-state index contributed by atoms with van der Waals surface area (Å²) in [7, 11) is 1.33. The first kappa shape index (κ1) is 19.8. The van der Waals surface area contributed by atoms with Crippen LogP contribution in [0.5, 0.6) is 5.75 Å². The predicted molar refractivity (Wildman–Crippen MR) is 109 cm³/mol. The third-order valence-corrected chi connectivity index (χ3v) is 6.11. The minimum Gasteiger partial charge on any atom is -0.493 e. The van der Waals surface area contributed by atoms with E-state index >= 15 is 0 Å². The summed E-state index contributed by atoms with van der Waals surface area (Å²) in [6.07, 6.45) is 0.691. The zero-order valence-electron chi connectivity index (χ0n) is 16.5. The van der Waals surface area contributed by atoms with E-state index < -0.39 is 12.0 Å². The van der Waals surface area contributed by atoms with Gasteiger partial charge < -0.3 is 14.8 Å². The molecule has 2 aliphatic rings. The number of thiazole rings is 1. The molecule has 2 aromatic rings. The van der Waals surface area contributed by atoms with Gasteiger partial charge in [0.2, 0.25) is 5.91 Å². The van der Waals surface area contributed by atoms with Gasteiger partial charge >= 0.3 is 5.97 Å². The van der Waals surface area contributed by atoms with Gasteiger partial charge in [0.05, 0.1) is 19.8 Å². The Labute approximate surface area is 173 Å². The van der Waals surface area contributed by atoms with Crippen LogP contribution in [0.1, 0.15) is 40.8 Å². The first-order chi connectivity index (χ1) is 14.0. The third kappa shape index (κ3) is 3.85. The average Bonchev–Trinajstić information content (AvgIpc) is 3.31. The molecule has 1 aromatic carbocycles. The molecule has 9 heteroatoms. The normalized spacial score (nSPS) is 22.6. The topological polar surface area (TPSA) is 102 Å². The lowest BCUT2D eigenvalue weighted by molar-refractivity contribution is -0.119. The number of methoxy groups -OCH3 is 1. The number of esters is 1. The SMILES string of the molecule is COC(=O)c1nc(NC(=O)C2NNC3c4ccccc4OCC23)sc1CC(C)C. The molecule has 0 aliphatic carbocycles. The number of anilines is 1. The van der Waals surface area contributed by atoms with E-state index in [1.54, 1.807) is 0 Å². The zero-order valence-corrected chi connectivity index (χ0v) is 17.3. The van der Waals surface area contributed by atoms with Crippen LogP contribution in [0.3, 0.4) is 0 Å². The van der Waals surface area contributed by atoms with Crippen molar-refractivity contribution >= 4 is 28.3 Å². The van der Waals surface area contributed by atoms with E-state index in [-0.39, 0.29) is 23.6 Å². The molecule has 4 rings (SSSR count). The number of carbonyl (C=O) groups excluding carboxylic acids is 2. The largest absolute Gasteiger partial charge is 0.493 e. The van der Waals surface area contributed by atoms with Crippen molar-refractivity contribution in [2.75, 3.05) is 19.0 Å². The van der Waals surface area contributed by atoms with Crippen LogP contribution in [0.25, 0.3) is 0 Å². The Bertz CT molecular complexity index is 929. The van der Waals surface area contributed by atoms with E-state index in [9.17, 15) is 9.59 Å². The van der Waals surface area contributed by atoms with Crippen LogP contribution in [-0.2, 0) is 16.0 Å². The molecule has 0 bridgehead atoms. The van der Waals surface area contributed by atoms with Gasteiger partial charge in [-0.2, -0.15) is 0 Å². The number of nitrogens with zero attached hydrogens (tertiary/aromatic N) is 1. The molecule has 0 saturated carbocycles. The van der Waals surface area contributed by atoms with Crippen molar-refractivity contribution in [3.63, 3.8) is 0 Å². The highest BCUT2D eigenvalue weighted by Crippen LogP contribution is 2.39. The summed E-state index contributed by atoms with van der Waals surface area (Å²) >= 11 is 1.31. The molecule has 1 amide bonds. The molecule has 0 spiro atoms. The van der Waals surface area contributed by atoms with Crippen molar-refractivity contribution in [1.82, 2.24) is 15.8 Å². The summed E-state index contributed by atoms with van der Waals surface area (Å²) < 4.78 is 10.7. The number of nitrogens with one attached hydrogen (secondary N) is 3. The second-order valence-corrected chi connectivity index (χ2v) is 8.71. The van der Waals surface area contributed by atoms with E-state index in [1.807, 2.05) is 24.3 Å². The molecule has 3 heterocycles. The van der Waals surface area contributed by atoms with Crippen molar-refractivity contribution < 1.29 is 19.1 Å². The summed E-state index contributed by atoms with van der Waals surface area (Å²) in [5, 5.41) is 3.25. The van der Waals surface area contributed by atoms with E-state index in [0.717, 1.165) is 16.2 Å². The Kier molecular flexibility index (Phi) is 5.53. The highest BCUT2D eigenvalue weighted by atomic mass is 32.1. The molecule has 1 fully saturated rings. The van der Waals surface area contributed by atoms with Gasteiger partial charge in [-0.05, 0) is 18.4 Å². The number of para-hydroxylation sites is 1. The lowest BCUT2D eigenvalue weighted by atomic mass is 9.87. The fraction of sp³-hybridized carbons (Fsp3) is 0.450. The average molecular weight is 417 g/mol. The standard InChI is InChI=1S/C20H24N4O4S/c1-10(2)8-14-17(19(26)27-3)21-20(29-14)22-18(25)16-12-9-28-13-7-5-4-6-11(13)15(12)23-24-16/h4-7,10,12,15-16,23-24H,8-9H2,1-3H3,(H,21,22,25). The van der Waals surface area contributed by atoms with Crippen molar-refractivity contribution in [3.05, 3.63) is 40.4 Å². The minimum atomic E-state index is -0.490. The van der Waals surface area contributed by atoms with E-state index in [0.29, 0.717) is 24.1 Å². The van der Waals surface area contributed by atoms with E-state index in [2.05, 4.69) is 35.0 Å². The van der Waals surface area contributed by atoms with Gasteiger partial charge in [-0.25, -0.2) is 20.6 Å². The molecule has 0 radical (unpaired) electrons. The molecule has 29 heavy (non-hydrogen) atoms. The number of ether oxygens (including phenoxy) is 2. The van der Waals surface area contributed by atoms with Gasteiger partial charge in [0.25, 0.3) is 0 Å². The number of benzene rings is 1. The molecular weight excluding hydrogens is 392 g/mol. The van der Waals surface area contributed by atoms with Crippen LogP contribution in [0.15, 0.2) is 24.3 Å². The van der Waals surface area contributed by atoms with Gasteiger partial charge in [0.1, 0.15) is 11.8 Å². The Balaban J connectivity index is 1.50. The fourth-order valence-electron chi connectivity index (χ4n) is 3.76. The van der Waals surface area contributed by atoms with E-state index in [4.69, 9.17) is 9.47 Å². The number of hydrazine groups is 1. The lowest BCUT2D eigenvalue weighted by Gasteiger charge is -2.29. The van der Waals surface area contributed by atoms with Crippen LogP contribution in [0.2, 0.25) is 0 Å². The van der Waals surface area contributed by atoms with Crippen LogP contribution < -0.4 is 20.9 Å². The number of rotatable bonds is 5. The summed E-state index contributed by atoms with van der Waals surface area (Å²) in [6.45, 7) is 4.56. The second-order valence-electron chi connectivity index (χ2n) is 7.63. The van der Waals surface area contributed by atoms with Crippen molar-refractivity contribution in [2.45, 2.75) is 32.4 Å². The smallest absolute Gasteiger partial charge is 0.357 e. The number of fused-ring (bicyclic) bond motifs is 3. The summed E-state index contributed by atoms with van der Waals surface area (Å²) in [6, 6.07) is 7.34. The predicted octanol–water partition coefficient (Wildman–Crippen LogP) is 2.29. The van der Waals surface area contributed by atoms with Gasteiger partial charge in [-0.1, -0.05) is 32.0 Å². The third-order valence-electron chi connectivity index (χ3n) is 5.12. The van der Waals surface area contributed by atoms with Gasteiger partial charge in [-0.3, -0.25) is 4.79 Å². The van der Waals surface area contributed by atoms with Crippen molar-refractivity contribution in [2.24, 2.45) is 11.8 Å². The van der Waals surface area contributed by atoms with Gasteiger partial charge in [0.15, 0.2) is 10.8 Å². The molecular formula is C20H24N4O4S. The second kappa shape index (κ2) is 8.10. The molecule has 3 unspecified atom stereocenters. The van der Waals surface area contributed by atoms with Crippen LogP contribution in [0.4, 0.5) is 5.13 Å². The number of amides is 1. The summed E-state index contributed by atoms with van der Waals surface area (Å²) in [5.41, 5.74) is 7.62. The molecule has 1 aromatic heterocycles. The summed E-state index contributed by atoms with van der Waals surface area (Å²) in [5.74, 6) is 0.429. The minimum absolute atomic E-state index is 0.00544. The first-order valence-electron chi connectivity index (χ1n) is 9.59. The van der Waals surface area contributed by atoms with Crippen LogP contribution in [-0.4, -0.2) is 36.6 Å². The first-order valence-corrected chi connectivity index (χ1v) is 10.4. The molecule has 1 saturated heterocycles. The van der Waals surface area contributed by atoms with Crippen LogP contribution in [0, 0.1) is 11.8 Å². The highest BCUT2D eigenvalue weighted by Gasteiger charge is 2.44. The monoisotopic (exact) mass is 416 g/mol. The summed E-state index contributed by atoms with van der Waals surface area (Å²) in [4.78, 5) is 30.1. The molecule has 2 aliphatic heterocycles. The quantitative estimate of drug-likeness (QED) is 0.643. The Morgan fingerprint density at radius 2 is 2.14 bits per heavy atom. The lowest BCUT2D eigenvalue weighted by Crippen LogP contribution is -2.43.